The largest absolute Gasteiger partial charge is 0.403 e. The van der Waals surface area contributed by atoms with Gasteiger partial charge in [0, 0.05) is 7.05 Å². The molecule has 7 heteroatoms. The van der Waals surface area contributed by atoms with E-state index in [1.54, 1.807) is 55.6 Å². The molecule has 0 saturated carbocycles. The molecule has 0 bridgehead atoms. The molecule has 6 nitrogen and oxygen atoms in total. The standard InChI is InChI=1S/C19H15N3O3S/c1-12(26-11-20-2)17(23)21-15-9-5-3-7-13(15)18-22-16-10-6-4-8-14(16)19(24)25-18/h3-11H,1H2,2H3,(H,21,23). The summed E-state index contributed by atoms with van der Waals surface area (Å²) in [5, 5.41) is 3.17. The molecule has 0 atom stereocenters. The van der Waals surface area contributed by atoms with Crippen LogP contribution in [0.1, 0.15) is 0 Å². The Labute approximate surface area is 153 Å². The van der Waals surface area contributed by atoms with Crippen LogP contribution in [0.3, 0.4) is 0 Å². The molecule has 2 aromatic carbocycles. The minimum Gasteiger partial charge on any atom is -0.403 e. The third kappa shape index (κ3) is 3.73. The van der Waals surface area contributed by atoms with Gasteiger partial charge in [-0.1, -0.05) is 42.6 Å². The topological polar surface area (TPSA) is 84.6 Å². The molecule has 0 saturated heterocycles. The Morgan fingerprint density at radius 3 is 2.77 bits per heavy atom. The molecule has 1 N–H and O–H groups in total. The van der Waals surface area contributed by atoms with Crippen molar-refractivity contribution in [2.24, 2.45) is 4.99 Å². The summed E-state index contributed by atoms with van der Waals surface area (Å²) >= 11 is 1.12. The number of anilines is 1. The van der Waals surface area contributed by atoms with E-state index in [9.17, 15) is 9.59 Å². The van der Waals surface area contributed by atoms with E-state index in [0.29, 0.717) is 27.1 Å². The molecule has 0 spiro atoms. The maximum Gasteiger partial charge on any atom is 0.347 e. The SMILES string of the molecule is C=C(SC=NC)C(=O)Nc1ccccc1-c1nc2ccccc2c(=O)o1. The van der Waals surface area contributed by atoms with E-state index in [1.807, 2.05) is 0 Å². The van der Waals surface area contributed by atoms with Gasteiger partial charge in [0.05, 0.1) is 32.6 Å². The van der Waals surface area contributed by atoms with Crippen LogP contribution in [0.15, 0.2) is 74.2 Å². The number of hydrogen-bond donors (Lipinski definition) is 1. The lowest BCUT2D eigenvalue weighted by Crippen LogP contribution is -2.13. The molecule has 130 valence electrons. The summed E-state index contributed by atoms with van der Waals surface area (Å²) in [4.78, 5) is 33.0. The second kappa shape index (κ2) is 7.79. The number of carbonyl (C=O) groups excluding carboxylic acids is 1. The van der Waals surface area contributed by atoms with E-state index < -0.39 is 5.63 Å². The van der Waals surface area contributed by atoms with Gasteiger partial charge >= 0.3 is 5.63 Å². The van der Waals surface area contributed by atoms with Crippen LogP contribution in [0.5, 0.6) is 0 Å². The first kappa shape index (κ1) is 17.6. The Kier molecular flexibility index (Phi) is 5.28. The van der Waals surface area contributed by atoms with Gasteiger partial charge in [0.25, 0.3) is 5.91 Å². The van der Waals surface area contributed by atoms with Gasteiger partial charge in [-0.15, -0.1) is 0 Å². The molecule has 0 aliphatic rings. The Morgan fingerprint density at radius 2 is 1.96 bits per heavy atom. The molecule has 0 fully saturated rings. The van der Waals surface area contributed by atoms with Crippen LogP contribution < -0.4 is 10.9 Å². The normalized spacial score (nSPS) is 11.0. The predicted octanol–water partition coefficient (Wildman–Crippen LogP) is 3.70. The second-order valence-electron chi connectivity index (χ2n) is 5.23. The van der Waals surface area contributed by atoms with Gasteiger partial charge < -0.3 is 9.73 Å². The average Bonchev–Trinajstić information content (AvgIpc) is 2.66. The number of carbonyl (C=O) groups is 1. The van der Waals surface area contributed by atoms with E-state index in [1.165, 1.54) is 5.55 Å². The van der Waals surface area contributed by atoms with E-state index in [-0.39, 0.29) is 11.8 Å². The molecule has 0 aliphatic carbocycles. The first-order valence-corrected chi connectivity index (χ1v) is 8.55. The second-order valence-corrected chi connectivity index (χ2v) is 6.17. The molecular weight excluding hydrogens is 350 g/mol. The number of benzene rings is 2. The van der Waals surface area contributed by atoms with E-state index in [2.05, 4.69) is 21.9 Å². The summed E-state index contributed by atoms with van der Waals surface area (Å²) in [5.41, 5.74) is 2.55. The van der Waals surface area contributed by atoms with Gasteiger partial charge in [0.2, 0.25) is 5.89 Å². The maximum absolute atomic E-state index is 12.3. The van der Waals surface area contributed by atoms with E-state index >= 15 is 0 Å². The number of fused-ring (bicyclic) bond motifs is 1. The van der Waals surface area contributed by atoms with Crippen LogP contribution in [-0.4, -0.2) is 23.5 Å². The molecule has 1 heterocycles. The maximum atomic E-state index is 12.3. The molecule has 26 heavy (non-hydrogen) atoms. The summed E-state index contributed by atoms with van der Waals surface area (Å²) in [6.45, 7) is 3.72. The number of aliphatic imine (C=N–C) groups is 1. The zero-order chi connectivity index (χ0) is 18.5. The number of thioether (sulfide) groups is 1. The molecule has 1 aromatic heterocycles. The summed E-state index contributed by atoms with van der Waals surface area (Å²) in [6, 6.07) is 13.9. The van der Waals surface area contributed by atoms with Crippen molar-refractivity contribution in [1.29, 1.82) is 0 Å². The van der Waals surface area contributed by atoms with Crippen molar-refractivity contribution in [3.8, 4) is 11.5 Å². The third-order valence-electron chi connectivity index (χ3n) is 3.49. The van der Waals surface area contributed by atoms with Gasteiger partial charge in [0.15, 0.2) is 0 Å². The monoisotopic (exact) mass is 365 g/mol. The van der Waals surface area contributed by atoms with Gasteiger partial charge in [-0.2, -0.15) is 0 Å². The van der Waals surface area contributed by atoms with E-state index in [4.69, 9.17) is 4.42 Å². The van der Waals surface area contributed by atoms with Crippen molar-refractivity contribution in [3.63, 3.8) is 0 Å². The molecular formula is C19H15N3O3S. The average molecular weight is 365 g/mol. The zero-order valence-electron chi connectivity index (χ0n) is 13.9. The van der Waals surface area contributed by atoms with Crippen molar-refractivity contribution in [1.82, 2.24) is 4.98 Å². The highest BCUT2D eigenvalue weighted by molar-refractivity contribution is 8.16. The third-order valence-corrected chi connectivity index (χ3v) is 4.28. The van der Waals surface area contributed by atoms with Crippen molar-refractivity contribution in [2.45, 2.75) is 0 Å². The van der Waals surface area contributed by atoms with Crippen molar-refractivity contribution in [3.05, 3.63) is 70.4 Å². The lowest BCUT2D eigenvalue weighted by molar-refractivity contribution is -0.112. The lowest BCUT2D eigenvalue weighted by Gasteiger charge is -2.10. The summed E-state index contributed by atoms with van der Waals surface area (Å²) in [5.74, 6) is -0.233. The van der Waals surface area contributed by atoms with Crippen molar-refractivity contribution in [2.75, 3.05) is 12.4 Å². The van der Waals surface area contributed by atoms with Crippen molar-refractivity contribution >= 4 is 39.8 Å². The van der Waals surface area contributed by atoms with Crippen LogP contribution in [0.2, 0.25) is 0 Å². The number of aromatic nitrogens is 1. The molecule has 0 radical (unpaired) electrons. The van der Waals surface area contributed by atoms with Crippen LogP contribution in [0.4, 0.5) is 5.69 Å². The van der Waals surface area contributed by atoms with Crippen LogP contribution in [0, 0.1) is 0 Å². The number of rotatable bonds is 5. The summed E-state index contributed by atoms with van der Waals surface area (Å²) in [6.07, 6.45) is 0. The van der Waals surface area contributed by atoms with Crippen LogP contribution >= 0.6 is 11.8 Å². The molecule has 1 amide bonds. The highest BCUT2D eigenvalue weighted by Gasteiger charge is 2.15. The fourth-order valence-corrected chi connectivity index (χ4v) is 2.67. The minimum atomic E-state index is -0.481. The quantitative estimate of drug-likeness (QED) is 0.423. The fraction of sp³-hybridized carbons (Fsp3) is 0.0526. The van der Waals surface area contributed by atoms with Gasteiger partial charge in [0.1, 0.15) is 0 Å². The summed E-state index contributed by atoms with van der Waals surface area (Å²) < 4.78 is 5.36. The number of nitrogens with one attached hydrogen (secondary N) is 1. The smallest absolute Gasteiger partial charge is 0.347 e. The molecule has 0 unspecified atom stereocenters. The summed E-state index contributed by atoms with van der Waals surface area (Å²) in [7, 11) is 1.61. The van der Waals surface area contributed by atoms with Crippen LogP contribution in [0.25, 0.3) is 22.4 Å². The van der Waals surface area contributed by atoms with Crippen LogP contribution in [-0.2, 0) is 4.79 Å². The number of amides is 1. The first-order chi connectivity index (χ1) is 12.6. The fourth-order valence-electron chi connectivity index (χ4n) is 2.27. The first-order valence-electron chi connectivity index (χ1n) is 7.67. The Bertz CT molecular complexity index is 1070. The number of para-hydroxylation sites is 2. The lowest BCUT2D eigenvalue weighted by atomic mass is 10.1. The van der Waals surface area contributed by atoms with Gasteiger partial charge in [-0.3, -0.25) is 9.79 Å². The molecule has 3 aromatic rings. The van der Waals surface area contributed by atoms with E-state index in [0.717, 1.165) is 11.8 Å². The Morgan fingerprint density at radius 1 is 1.23 bits per heavy atom. The highest BCUT2D eigenvalue weighted by atomic mass is 32.2. The number of nitrogens with zero attached hydrogens (tertiary/aromatic N) is 2. The zero-order valence-corrected chi connectivity index (χ0v) is 14.7. The Balaban J connectivity index is 1.99. The van der Waals surface area contributed by atoms with Gasteiger partial charge in [-0.25, -0.2) is 9.78 Å². The predicted molar refractivity (Wildman–Crippen MR) is 105 cm³/mol. The highest BCUT2D eigenvalue weighted by Crippen LogP contribution is 2.27. The molecule has 0 aliphatic heterocycles. The minimum absolute atomic E-state index is 0.137. The Hall–Kier alpha value is -3.19. The van der Waals surface area contributed by atoms with Gasteiger partial charge in [-0.05, 0) is 24.3 Å². The number of hydrogen-bond acceptors (Lipinski definition) is 6. The molecule has 3 rings (SSSR count). The van der Waals surface area contributed by atoms with Crippen molar-refractivity contribution < 1.29 is 9.21 Å².